The van der Waals surface area contributed by atoms with Crippen LogP contribution in [0.4, 0.5) is 18.0 Å². The number of hydrogen-bond acceptors (Lipinski definition) is 5. The molecule has 9 heteroatoms. The molecule has 2 bridgehead atoms. The van der Waals surface area contributed by atoms with Crippen molar-refractivity contribution in [2.45, 2.75) is 57.0 Å². The summed E-state index contributed by atoms with van der Waals surface area (Å²) in [5, 5.41) is 0. The molecule has 2 aliphatic heterocycles. The highest BCUT2D eigenvalue weighted by Crippen LogP contribution is 2.39. The first-order valence-corrected chi connectivity index (χ1v) is 11.0. The van der Waals surface area contributed by atoms with E-state index in [4.69, 9.17) is 4.74 Å². The van der Waals surface area contributed by atoms with Crippen LogP contribution in [0.15, 0.2) is 48.7 Å². The zero-order valence-electron chi connectivity index (χ0n) is 18.0. The molecule has 2 saturated heterocycles. The van der Waals surface area contributed by atoms with Crippen LogP contribution >= 0.6 is 0 Å². The summed E-state index contributed by atoms with van der Waals surface area (Å²) >= 11 is 0. The lowest BCUT2D eigenvalue weighted by Crippen LogP contribution is -2.55. The first-order valence-electron chi connectivity index (χ1n) is 11.0. The minimum atomic E-state index is -4.45. The van der Waals surface area contributed by atoms with Gasteiger partial charge in [0, 0.05) is 35.8 Å². The molecule has 2 fully saturated rings. The molecule has 0 saturated carbocycles. The molecule has 1 aromatic heterocycles. The molecule has 6 nitrogen and oxygen atoms in total. The Hall–Kier alpha value is -3.10. The van der Waals surface area contributed by atoms with Crippen LogP contribution in [0.1, 0.15) is 48.0 Å². The van der Waals surface area contributed by atoms with Crippen molar-refractivity contribution in [1.82, 2.24) is 9.88 Å². The van der Waals surface area contributed by atoms with Crippen LogP contribution in [0.3, 0.4) is 0 Å². The molecule has 4 rings (SSSR count). The van der Waals surface area contributed by atoms with Crippen molar-refractivity contribution in [3.63, 3.8) is 0 Å². The predicted molar refractivity (Wildman–Crippen MR) is 113 cm³/mol. The van der Waals surface area contributed by atoms with Crippen molar-refractivity contribution in [2.24, 2.45) is 5.92 Å². The molecule has 0 spiro atoms. The number of hydrogen-bond donors (Lipinski definition) is 0. The molecule has 3 heterocycles. The van der Waals surface area contributed by atoms with E-state index < -0.39 is 12.8 Å². The van der Waals surface area contributed by atoms with E-state index in [0.29, 0.717) is 18.4 Å². The lowest BCUT2D eigenvalue weighted by Gasteiger charge is -2.47. The summed E-state index contributed by atoms with van der Waals surface area (Å²) in [7, 11) is 0. The average Bonchev–Trinajstić information content (AvgIpc) is 2.80. The Morgan fingerprint density at radius 3 is 2.33 bits per heavy atom. The van der Waals surface area contributed by atoms with E-state index in [-0.39, 0.29) is 42.4 Å². The number of pyridine rings is 1. The zero-order chi connectivity index (χ0) is 23.4. The fourth-order valence-electron chi connectivity index (χ4n) is 4.69. The summed E-state index contributed by atoms with van der Waals surface area (Å²) in [6.07, 6.45) is 0.114. The topological polar surface area (TPSA) is 68.7 Å². The number of benzene rings is 1. The molecule has 2 aliphatic rings. The minimum absolute atomic E-state index is 0.0722. The van der Waals surface area contributed by atoms with Crippen LogP contribution in [0.5, 0.6) is 5.88 Å². The fraction of sp³-hybridized carbons (Fsp3) is 0.458. The predicted octanol–water partition coefficient (Wildman–Crippen LogP) is 5.18. The number of carbonyl (C=O) groups excluding carboxylic acids is 2. The molecule has 2 atom stereocenters. The summed E-state index contributed by atoms with van der Waals surface area (Å²) < 4.78 is 47.0. The van der Waals surface area contributed by atoms with Gasteiger partial charge in [-0.2, -0.15) is 13.2 Å². The highest BCUT2D eigenvalue weighted by molar-refractivity contribution is 5.97. The number of ether oxygens (including phenoxy) is 2. The third-order valence-corrected chi connectivity index (χ3v) is 6.17. The Kier molecular flexibility index (Phi) is 6.85. The van der Waals surface area contributed by atoms with Crippen LogP contribution in [0.25, 0.3) is 0 Å². The number of ketones is 1. The average molecular weight is 462 g/mol. The van der Waals surface area contributed by atoms with Gasteiger partial charge in [0.25, 0.3) is 0 Å². The van der Waals surface area contributed by atoms with Crippen molar-refractivity contribution in [3.8, 4) is 5.88 Å². The molecule has 176 valence electrons. The zero-order valence-corrected chi connectivity index (χ0v) is 18.0. The van der Waals surface area contributed by atoms with E-state index in [0.717, 1.165) is 24.8 Å². The quantitative estimate of drug-likeness (QED) is 0.554. The highest BCUT2D eigenvalue weighted by atomic mass is 19.4. The van der Waals surface area contributed by atoms with E-state index >= 15 is 0 Å². The molecule has 1 aromatic carbocycles. The van der Waals surface area contributed by atoms with Crippen LogP contribution in [-0.2, 0) is 11.3 Å². The second-order valence-electron chi connectivity index (χ2n) is 8.51. The van der Waals surface area contributed by atoms with E-state index in [2.05, 4.69) is 9.72 Å². The Morgan fingerprint density at radius 2 is 1.73 bits per heavy atom. The maximum absolute atomic E-state index is 13.1. The number of carbonyl (C=O) groups is 2. The molecule has 2 aromatic rings. The van der Waals surface area contributed by atoms with Gasteiger partial charge in [-0.05, 0) is 43.7 Å². The first kappa shape index (κ1) is 23.1. The molecule has 0 radical (unpaired) electrons. The van der Waals surface area contributed by atoms with Crippen molar-refractivity contribution >= 4 is 11.9 Å². The normalized spacial score (nSPS) is 22.5. The molecule has 2 unspecified atom stereocenters. The summed E-state index contributed by atoms with van der Waals surface area (Å²) in [6, 6.07) is 12.0. The van der Waals surface area contributed by atoms with E-state index in [1.165, 1.54) is 18.3 Å². The van der Waals surface area contributed by atoms with Gasteiger partial charge in [0.15, 0.2) is 12.4 Å². The van der Waals surface area contributed by atoms with Gasteiger partial charge in [0.1, 0.15) is 6.61 Å². The van der Waals surface area contributed by atoms with Gasteiger partial charge in [0.2, 0.25) is 5.88 Å². The van der Waals surface area contributed by atoms with Gasteiger partial charge < -0.3 is 14.4 Å². The van der Waals surface area contributed by atoms with Gasteiger partial charge in [0.05, 0.1) is 0 Å². The standard InChI is InChI=1S/C24H25F3N2O4/c25-24(26,27)15-33-21-10-9-17(13-28-21)22(30)18-11-19-7-4-8-20(12-18)29(19)23(31)32-14-16-5-2-1-3-6-16/h1-3,5-6,9-10,13,18-20H,4,7-8,11-12,14-15H2. The van der Waals surface area contributed by atoms with Gasteiger partial charge in [-0.1, -0.05) is 30.3 Å². The Morgan fingerprint density at radius 1 is 1.03 bits per heavy atom. The van der Waals surface area contributed by atoms with E-state index in [1.807, 2.05) is 30.3 Å². The van der Waals surface area contributed by atoms with Crippen LogP contribution in [0.2, 0.25) is 0 Å². The molecular weight excluding hydrogens is 437 g/mol. The smallest absolute Gasteiger partial charge is 0.422 e. The Labute approximate surface area is 189 Å². The van der Waals surface area contributed by atoms with Crippen molar-refractivity contribution in [3.05, 3.63) is 59.8 Å². The van der Waals surface area contributed by atoms with Gasteiger partial charge in [-0.25, -0.2) is 9.78 Å². The third-order valence-electron chi connectivity index (χ3n) is 6.17. The number of rotatable bonds is 6. The van der Waals surface area contributed by atoms with Crippen LogP contribution in [0, 0.1) is 5.92 Å². The van der Waals surface area contributed by atoms with E-state index in [9.17, 15) is 22.8 Å². The molecule has 0 N–H and O–H groups in total. The summed E-state index contributed by atoms with van der Waals surface area (Å²) in [6.45, 7) is -1.23. The lowest BCUT2D eigenvalue weighted by atomic mass is 9.76. The number of fused-ring (bicyclic) bond motifs is 2. The molecule has 0 aliphatic carbocycles. The van der Waals surface area contributed by atoms with Gasteiger partial charge in [-0.15, -0.1) is 0 Å². The highest BCUT2D eigenvalue weighted by Gasteiger charge is 2.43. The number of Topliss-reactive ketones (excluding diaryl/α,β-unsaturated/α-hetero) is 1. The first-order chi connectivity index (χ1) is 15.8. The van der Waals surface area contributed by atoms with Gasteiger partial charge >= 0.3 is 12.3 Å². The second-order valence-corrected chi connectivity index (χ2v) is 8.51. The number of nitrogens with zero attached hydrogens (tertiary/aromatic N) is 2. The fourth-order valence-corrected chi connectivity index (χ4v) is 4.69. The summed E-state index contributed by atoms with van der Waals surface area (Å²) in [4.78, 5) is 31.5. The monoisotopic (exact) mass is 462 g/mol. The summed E-state index contributed by atoms with van der Waals surface area (Å²) in [5.74, 6) is -0.571. The number of alkyl halides is 3. The minimum Gasteiger partial charge on any atom is -0.468 e. The van der Waals surface area contributed by atoms with Crippen molar-refractivity contribution in [2.75, 3.05) is 6.61 Å². The Bertz CT molecular complexity index is 952. The largest absolute Gasteiger partial charge is 0.468 e. The summed E-state index contributed by atoms with van der Waals surface area (Å²) in [5.41, 5.74) is 1.24. The maximum atomic E-state index is 13.1. The number of halogens is 3. The van der Waals surface area contributed by atoms with Crippen LogP contribution in [-0.4, -0.2) is 46.6 Å². The third kappa shape index (κ3) is 5.83. The number of piperidine rings is 2. The number of aromatic nitrogens is 1. The Balaban J connectivity index is 1.36. The second kappa shape index (κ2) is 9.80. The maximum Gasteiger partial charge on any atom is 0.422 e. The van der Waals surface area contributed by atoms with Gasteiger partial charge in [-0.3, -0.25) is 4.79 Å². The molecular formula is C24H25F3N2O4. The van der Waals surface area contributed by atoms with E-state index in [1.54, 1.807) is 4.90 Å². The molecule has 1 amide bonds. The van der Waals surface area contributed by atoms with Crippen LogP contribution < -0.4 is 4.74 Å². The SMILES string of the molecule is O=C(c1ccc(OCC(F)(F)F)nc1)C1CC2CCCC(C1)N2C(=O)OCc1ccccc1. The number of amides is 1. The van der Waals surface area contributed by atoms with Crippen molar-refractivity contribution < 1.29 is 32.2 Å². The molecule has 33 heavy (non-hydrogen) atoms. The van der Waals surface area contributed by atoms with Crippen molar-refractivity contribution in [1.29, 1.82) is 0 Å². The lowest BCUT2D eigenvalue weighted by molar-refractivity contribution is -0.154.